The van der Waals surface area contributed by atoms with Crippen LogP contribution in [-0.2, 0) is 4.79 Å². The molecule has 1 heterocycles. The molecule has 0 bridgehead atoms. The maximum Gasteiger partial charge on any atom is 0.261 e. The number of nitrogens with one attached hydrogen (secondary N) is 1. The summed E-state index contributed by atoms with van der Waals surface area (Å²) < 4.78 is 24.7. The van der Waals surface area contributed by atoms with E-state index >= 15 is 0 Å². The van der Waals surface area contributed by atoms with Crippen molar-refractivity contribution in [3.05, 3.63) is 66.2 Å². The van der Waals surface area contributed by atoms with Crippen LogP contribution < -0.4 is 10.1 Å². The van der Waals surface area contributed by atoms with Gasteiger partial charge in [0.25, 0.3) is 5.91 Å². The van der Waals surface area contributed by atoms with Gasteiger partial charge in [0.1, 0.15) is 11.3 Å². The van der Waals surface area contributed by atoms with Gasteiger partial charge in [-0.3, -0.25) is 4.79 Å². The van der Waals surface area contributed by atoms with Crippen molar-refractivity contribution in [2.24, 2.45) is 0 Å². The van der Waals surface area contributed by atoms with Crippen LogP contribution in [0.3, 0.4) is 0 Å². The van der Waals surface area contributed by atoms with Crippen molar-refractivity contribution < 1.29 is 18.3 Å². The molecule has 0 saturated carbocycles. The standard InChI is InChI=1S/C19H18FNO3/c1-12(18-11-14-7-3-5-9-16(14)24-18)21-19(22)13(2)23-17-10-6-4-8-15(17)20/h3-13H,1-2H3,(H,21,22). The minimum absolute atomic E-state index is 0.0524. The van der Waals surface area contributed by atoms with Crippen LogP contribution in [0, 0.1) is 5.82 Å². The van der Waals surface area contributed by atoms with Gasteiger partial charge in [-0.1, -0.05) is 30.3 Å². The molecule has 0 fully saturated rings. The van der Waals surface area contributed by atoms with E-state index in [1.165, 1.54) is 12.1 Å². The number of halogens is 1. The molecule has 3 aromatic rings. The van der Waals surface area contributed by atoms with Gasteiger partial charge in [-0.05, 0) is 38.1 Å². The molecule has 1 amide bonds. The van der Waals surface area contributed by atoms with E-state index in [2.05, 4.69) is 5.32 Å². The summed E-state index contributed by atoms with van der Waals surface area (Å²) in [6.45, 7) is 3.40. The Morgan fingerprint density at radius 3 is 2.58 bits per heavy atom. The van der Waals surface area contributed by atoms with Gasteiger partial charge in [-0.15, -0.1) is 0 Å². The highest BCUT2D eigenvalue weighted by atomic mass is 19.1. The molecule has 2 unspecified atom stereocenters. The maximum absolute atomic E-state index is 13.6. The van der Waals surface area contributed by atoms with E-state index in [-0.39, 0.29) is 17.7 Å². The second-order valence-electron chi connectivity index (χ2n) is 5.61. The fourth-order valence-electron chi connectivity index (χ4n) is 2.40. The SMILES string of the molecule is CC(Oc1ccccc1F)C(=O)NC(C)c1cc2ccccc2o1. The van der Waals surface area contributed by atoms with E-state index in [9.17, 15) is 9.18 Å². The zero-order valence-electron chi connectivity index (χ0n) is 13.5. The first-order chi connectivity index (χ1) is 11.5. The first-order valence-corrected chi connectivity index (χ1v) is 7.74. The Balaban J connectivity index is 1.66. The van der Waals surface area contributed by atoms with Crippen LogP contribution in [0.4, 0.5) is 4.39 Å². The Kier molecular flexibility index (Phi) is 4.51. The van der Waals surface area contributed by atoms with E-state index < -0.39 is 11.9 Å². The lowest BCUT2D eigenvalue weighted by atomic mass is 10.2. The topological polar surface area (TPSA) is 51.5 Å². The van der Waals surface area contributed by atoms with Crippen LogP contribution in [0.1, 0.15) is 25.6 Å². The predicted octanol–water partition coefficient (Wildman–Crippen LogP) is 4.22. The van der Waals surface area contributed by atoms with E-state index in [4.69, 9.17) is 9.15 Å². The van der Waals surface area contributed by atoms with Crippen molar-refractivity contribution in [2.45, 2.75) is 26.0 Å². The van der Waals surface area contributed by atoms with E-state index in [1.54, 1.807) is 19.1 Å². The molecule has 0 aliphatic rings. The molecule has 24 heavy (non-hydrogen) atoms. The van der Waals surface area contributed by atoms with Gasteiger partial charge in [-0.2, -0.15) is 0 Å². The Hall–Kier alpha value is -2.82. The van der Waals surface area contributed by atoms with E-state index in [1.807, 2.05) is 37.3 Å². The lowest BCUT2D eigenvalue weighted by molar-refractivity contribution is -0.128. The van der Waals surface area contributed by atoms with Crippen LogP contribution in [0.5, 0.6) is 5.75 Å². The van der Waals surface area contributed by atoms with Crippen molar-refractivity contribution in [1.82, 2.24) is 5.32 Å². The summed E-state index contributed by atoms with van der Waals surface area (Å²) in [4.78, 5) is 12.3. The lowest BCUT2D eigenvalue weighted by Crippen LogP contribution is -2.37. The van der Waals surface area contributed by atoms with Gasteiger partial charge < -0.3 is 14.5 Å². The summed E-state index contributed by atoms with van der Waals surface area (Å²) in [6, 6.07) is 15.2. The molecule has 2 atom stereocenters. The summed E-state index contributed by atoms with van der Waals surface area (Å²) in [6.07, 6.45) is -0.825. The molecule has 0 aliphatic heterocycles. The first-order valence-electron chi connectivity index (χ1n) is 7.74. The second-order valence-corrected chi connectivity index (χ2v) is 5.61. The first kappa shape index (κ1) is 16.1. The Morgan fingerprint density at radius 1 is 1.12 bits per heavy atom. The zero-order valence-corrected chi connectivity index (χ0v) is 13.5. The van der Waals surface area contributed by atoms with E-state index in [0.717, 1.165) is 11.0 Å². The summed E-state index contributed by atoms with van der Waals surface area (Å²) in [5, 5.41) is 3.79. The Bertz CT molecular complexity index is 825. The van der Waals surface area contributed by atoms with Gasteiger partial charge in [0.15, 0.2) is 17.7 Å². The second kappa shape index (κ2) is 6.74. The number of amides is 1. The molecule has 0 aliphatic carbocycles. The molecule has 5 heteroatoms. The molecule has 0 spiro atoms. The molecule has 1 N–H and O–H groups in total. The number of hydrogen-bond acceptors (Lipinski definition) is 3. The average Bonchev–Trinajstić information content (AvgIpc) is 3.01. The number of fused-ring (bicyclic) bond motifs is 1. The van der Waals surface area contributed by atoms with Gasteiger partial charge >= 0.3 is 0 Å². The fraction of sp³-hybridized carbons (Fsp3) is 0.211. The van der Waals surface area contributed by atoms with Crippen LogP contribution in [-0.4, -0.2) is 12.0 Å². The molecule has 4 nitrogen and oxygen atoms in total. The number of ether oxygens (including phenoxy) is 1. The number of para-hydroxylation sites is 2. The van der Waals surface area contributed by atoms with Gasteiger partial charge in [0.05, 0.1) is 6.04 Å². The zero-order chi connectivity index (χ0) is 17.1. The Morgan fingerprint density at radius 2 is 1.83 bits per heavy atom. The molecule has 124 valence electrons. The Labute approximate surface area is 139 Å². The van der Waals surface area contributed by atoms with Crippen molar-refractivity contribution in [1.29, 1.82) is 0 Å². The number of rotatable bonds is 5. The third-order valence-corrected chi connectivity index (χ3v) is 3.74. The fourth-order valence-corrected chi connectivity index (χ4v) is 2.40. The van der Waals surface area contributed by atoms with Crippen LogP contribution in [0.25, 0.3) is 11.0 Å². The monoisotopic (exact) mass is 327 g/mol. The highest BCUT2D eigenvalue weighted by Crippen LogP contribution is 2.24. The molecule has 2 aromatic carbocycles. The van der Waals surface area contributed by atoms with Crippen molar-refractivity contribution in [3.63, 3.8) is 0 Å². The van der Waals surface area contributed by atoms with Crippen LogP contribution >= 0.6 is 0 Å². The minimum Gasteiger partial charge on any atom is -0.478 e. The molecule has 3 rings (SSSR count). The number of benzene rings is 2. The summed E-state index contributed by atoms with van der Waals surface area (Å²) >= 11 is 0. The smallest absolute Gasteiger partial charge is 0.261 e. The average molecular weight is 327 g/mol. The largest absolute Gasteiger partial charge is 0.478 e. The number of carbonyl (C=O) groups is 1. The molecule has 0 saturated heterocycles. The predicted molar refractivity (Wildman–Crippen MR) is 89.3 cm³/mol. The lowest BCUT2D eigenvalue weighted by Gasteiger charge is -2.17. The number of carbonyl (C=O) groups excluding carboxylic acids is 1. The summed E-state index contributed by atoms with van der Waals surface area (Å²) in [5.74, 6) is -0.132. The summed E-state index contributed by atoms with van der Waals surface area (Å²) in [5.41, 5.74) is 0.768. The molecular weight excluding hydrogens is 309 g/mol. The normalized spacial score (nSPS) is 13.5. The number of furan rings is 1. The third kappa shape index (κ3) is 3.40. The molecular formula is C19H18FNO3. The van der Waals surface area contributed by atoms with Crippen LogP contribution in [0.2, 0.25) is 0 Å². The number of hydrogen-bond donors (Lipinski definition) is 1. The minimum atomic E-state index is -0.825. The van der Waals surface area contributed by atoms with Gasteiger partial charge in [0.2, 0.25) is 0 Å². The van der Waals surface area contributed by atoms with Crippen molar-refractivity contribution in [3.8, 4) is 5.75 Å². The molecule has 0 radical (unpaired) electrons. The van der Waals surface area contributed by atoms with E-state index in [0.29, 0.717) is 5.76 Å². The van der Waals surface area contributed by atoms with Gasteiger partial charge in [-0.25, -0.2) is 4.39 Å². The third-order valence-electron chi connectivity index (χ3n) is 3.74. The molecule has 1 aromatic heterocycles. The highest BCUT2D eigenvalue weighted by Gasteiger charge is 2.20. The van der Waals surface area contributed by atoms with Crippen molar-refractivity contribution >= 4 is 16.9 Å². The van der Waals surface area contributed by atoms with Gasteiger partial charge in [0, 0.05) is 5.39 Å². The highest BCUT2D eigenvalue weighted by molar-refractivity contribution is 5.82. The quantitative estimate of drug-likeness (QED) is 0.763. The maximum atomic E-state index is 13.6. The van der Waals surface area contributed by atoms with Crippen LogP contribution in [0.15, 0.2) is 59.0 Å². The van der Waals surface area contributed by atoms with Crippen molar-refractivity contribution in [2.75, 3.05) is 0 Å². The summed E-state index contributed by atoms with van der Waals surface area (Å²) in [7, 11) is 0.